The maximum atomic E-state index is 13.8. The number of nitrogens with zero attached hydrogens (tertiary/aromatic N) is 2. The first-order valence-corrected chi connectivity index (χ1v) is 8.06. The molecule has 0 aliphatic carbocycles. The molecule has 6 heteroatoms. The standard InChI is InChI=1S/C18H24FN3O2/c1-5-16(18(24)13-8-6-7-9-15(13)19)20-17(23)10-14-11(2)21-22(4)12(14)3/h6-9,16,18,24H,5,10H2,1-4H3,(H,20,23)/t16-,18+/m1/s1. The van der Waals surface area contributed by atoms with Crippen LogP contribution < -0.4 is 5.32 Å². The van der Waals surface area contributed by atoms with E-state index >= 15 is 0 Å². The summed E-state index contributed by atoms with van der Waals surface area (Å²) >= 11 is 0. The zero-order valence-electron chi connectivity index (χ0n) is 14.5. The second kappa shape index (κ2) is 7.57. The third-order valence-electron chi connectivity index (χ3n) is 4.39. The van der Waals surface area contributed by atoms with E-state index in [1.807, 2.05) is 27.8 Å². The lowest BCUT2D eigenvalue weighted by Gasteiger charge is -2.23. The third-order valence-corrected chi connectivity index (χ3v) is 4.39. The molecule has 2 N–H and O–H groups in total. The highest BCUT2D eigenvalue weighted by Crippen LogP contribution is 2.22. The van der Waals surface area contributed by atoms with Crippen molar-refractivity contribution in [2.45, 2.75) is 45.8 Å². The van der Waals surface area contributed by atoms with Gasteiger partial charge in [-0.2, -0.15) is 5.10 Å². The zero-order valence-corrected chi connectivity index (χ0v) is 14.5. The van der Waals surface area contributed by atoms with Crippen molar-refractivity contribution in [2.75, 3.05) is 0 Å². The molecule has 0 aliphatic rings. The molecule has 2 rings (SSSR count). The molecule has 1 amide bonds. The minimum Gasteiger partial charge on any atom is -0.386 e. The number of halogens is 1. The quantitative estimate of drug-likeness (QED) is 0.853. The predicted octanol–water partition coefficient (Wildman–Crippen LogP) is 2.35. The summed E-state index contributed by atoms with van der Waals surface area (Å²) in [4.78, 5) is 12.4. The van der Waals surface area contributed by atoms with Crippen LogP contribution >= 0.6 is 0 Å². The van der Waals surface area contributed by atoms with E-state index < -0.39 is 18.0 Å². The molecule has 1 aromatic heterocycles. The Labute approximate surface area is 141 Å². The van der Waals surface area contributed by atoms with E-state index in [9.17, 15) is 14.3 Å². The highest BCUT2D eigenvalue weighted by atomic mass is 19.1. The van der Waals surface area contributed by atoms with Crippen molar-refractivity contribution in [2.24, 2.45) is 7.05 Å². The van der Waals surface area contributed by atoms with Gasteiger partial charge in [0.1, 0.15) is 11.9 Å². The Morgan fingerprint density at radius 3 is 2.58 bits per heavy atom. The molecule has 1 aromatic carbocycles. The number of aryl methyl sites for hydroxylation is 2. The molecule has 1 heterocycles. The van der Waals surface area contributed by atoms with Crippen molar-refractivity contribution < 1.29 is 14.3 Å². The van der Waals surface area contributed by atoms with E-state index in [2.05, 4.69) is 10.4 Å². The molecule has 0 saturated heterocycles. The van der Waals surface area contributed by atoms with Crippen LogP contribution in [0.15, 0.2) is 24.3 Å². The molecule has 24 heavy (non-hydrogen) atoms. The molecule has 5 nitrogen and oxygen atoms in total. The number of aliphatic hydroxyl groups excluding tert-OH is 1. The topological polar surface area (TPSA) is 67.2 Å². The molecule has 2 aromatic rings. The fraction of sp³-hybridized carbons (Fsp3) is 0.444. The van der Waals surface area contributed by atoms with Crippen LogP contribution in [0.25, 0.3) is 0 Å². The Kier molecular flexibility index (Phi) is 5.72. The summed E-state index contributed by atoms with van der Waals surface area (Å²) < 4.78 is 15.6. The summed E-state index contributed by atoms with van der Waals surface area (Å²) in [5.74, 6) is -0.687. The number of aliphatic hydroxyl groups is 1. The lowest BCUT2D eigenvalue weighted by molar-refractivity contribution is -0.122. The van der Waals surface area contributed by atoms with E-state index in [1.54, 1.807) is 16.8 Å². The van der Waals surface area contributed by atoms with Gasteiger partial charge in [0.2, 0.25) is 5.91 Å². The normalized spacial score (nSPS) is 13.6. The van der Waals surface area contributed by atoms with Gasteiger partial charge < -0.3 is 10.4 Å². The predicted molar refractivity (Wildman–Crippen MR) is 90.0 cm³/mol. The number of carbonyl (C=O) groups is 1. The highest BCUT2D eigenvalue weighted by molar-refractivity contribution is 5.79. The molecular formula is C18H24FN3O2. The Bertz CT molecular complexity index is 727. The average molecular weight is 333 g/mol. The molecule has 2 atom stereocenters. The monoisotopic (exact) mass is 333 g/mol. The Balaban J connectivity index is 2.09. The first-order valence-electron chi connectivity index (χ1n) is 8.06. The number of amides is 1. The van der Waals surface area contributed by atoms with E-state index in [-0.39, 0.29) is 17.9 Å². The van der Waals surface area contributed by atoms with Gasteiger partial charge in [-0.15, -0.1) is 0 Å². The van der Waals surface area contributed by atoms with Gasteiger partial charge in [0, 0.05) is 23.9 Å². The molecule has 0 unspecified atom stereocenters. The Morgan fingerprint density at radius 1 is 1.38 bits per heavy atom. The Hall–Kier alpha value is -2.21. The molecular weight excluding hydrogens is 309 g/mol. The number of hydrogen-bond donors (Lipinski definition) is 2. The smallest absolute Gasteiger partial charge is 0.224 e. The molecule has 0 saturated carbocycles. The fourth-order valence-corrected chi connectivity index (χ4v) is 2.83. The molecule has 0 spiro atoms. The number of carbonyl (C=O) groups excluding carboxylic acids is 1. The SMILES string of the molecule is CC[C@@H](NC(=O)Cc1c(C)nn(C)c1C)[C@@H](O)c1ccccc1F. The second-order valence-electron chi connectivity index (χ2n) is 6.00. The van der Waals surface area contributed by atoms with Gasteiger partial charge in [0.15, 0.2) is 0 Å². The molecule has 0 bridgehead atoms. The third kappa shape index (κ3) is 3.82. The molecule has 130 valence electrons. The lowest BCUT2D eigenvalue weighted by Crippen LogP contribution is -2.40. The van der Waals surface area contributed by atoms with Crippen molar-refractivity contribution in [3.05, 3.63) is 52.6 Å². The van der Waals surface area contributed by atoms with E-state index in [1.165, 1.54) is 12.1 Å². The number of nitrogens with one attached hydrogen (secondary N) is 1. The Morgan fingerprint density at radius 2 is 2.04 bits per heavy atom. The van der Waals surface area contributed by atoms with Gasteiger partial charge in [0.05, 0.1) is 18.2 Å². The van der Waals surface area contributed by atoms with Crippen molar-refractivity contribution in [3.8, 4) is 0 Å². The van der Waals surface area contributed by atoms with E-state index in [4.69, 9.17) is 0 Å². The minimum absolute atomic E-state index is 0.187. The summed E-state index contributed by atoms with van der Waals surface area (Å²) in [6.45, 7) is 5.62. The fourth-order valence-electron chi connectivity index (χ4n) is 2.83. The van der Waals surface area contributed by atoms with Crippen molar-refractivity contribution in [1.29, 1.82) is 0 Å². The summed E-state index contributed by atoms with van der Waals surface area (Å²) in [7, 11) is 1.83. The van der Waals surface area contributed by atoms with Gasteiger partial charge in [0.25, 0.3) is 0 Å². The van der Waals surface area contributed by atoms with Crippen molar-refractivity contribution in [1.82, 2.24) is 15.1 Å². The maximum absolute atomic E-state index is 13.8. The first-order chi connectivity index (χ1) is 11.3. The van der Waals surface area contributed by atoms with Crippen molar-refractivity contribution in [3.63, 3.8) is 0 Å². The zero-order chi connectivity index (χ0) is 17.9. The number of benzene rings is 1. The maximum Gasteiger partial charge on any atom is 0.224 e. The van der Waals surface area contributed by atoms with Crippen LogP contribution in [-0.4, -0.2) is 26.8 Å². The second-order valence-corrected chi connectivity index (χ2v) is 6.00. The van der Waals surface area contributed by atoms with Crippen LogP contribution in [0.1, 0.15) is 42.0 Å². The van der Waals surface area contributed by atoms with E-state index in [0.29, 0.717) is 6.42 Å². The van der Waals surface area contributed by atoms with Crippen LogP contribution in [0.5, 0.6) is 0 Å². The van der Waals surface area contributed by atoms with Crippen LogP contribution in [-0.2, 0) is 18.3 Å². The van der Waals surface area contributed by atoms with Crippen LogP contribution in [0.2, 0.25) is 0 Å². The highest BCUT2D eigenvalue weighted by Gasteiger charge is 2.24. The first kappa shape index (κ1) is 18.1. The van der Waals surface area contributed by atoms with E-state index in [0.717, 1.165) is 17.0 Å². The van der Waals surface area contributed by atoms with Gasteiger partial charge in [-0.1, -0.05) is 25.1 Å². The van der Waals surface area contributed by atoms with Gasteiger partial charge in [-0.25, -0.2) is 4.39 Å². The molecule has 0 fully saturated rings. The van der Waals surface area contributed by atoms with Crippen LogP contribution in [0, 0.1) is 19.7 Å². The number of aromatic nitrogens is 2. The van der Waals surface area contributed by atoms with Crippen LogP contribution in [0.3, 0.4) is 0 Å². The van der Waals surface area contributed by atoms with Gasteiger partial charge in [-0.05, 0) is 26.3 Å². The number of rotatable bonds is 6. The summed E-state index contributed by atoms with van der Waals surface area (Å²) in [5.41, 5.74) is 2.82. The molecule has 0 aliphatic heterocycles. The minimum atomic E-state index is -1.09. The average Bonchev–Trinajstić information content (AvgIpc) is 2.78. The summed E-state index contributed by atoms with van der Waals surface area (Å²) in [6.07, 6.45) is -0.408. The lowest BCUT2D eigenvalue weighted by atomic mass is 9.99. The largest absolute Gasteiger partial charge is 0.386 e. The van der Waals surface area contributed by atoms with Gasteiger partial charge in [-0.3, -0.25) is 9.48 Å². The van der Waals surface area contributed by atoms with Crippen molar-refractivity contribution >= 4 is 5.91 Å². The summed E-state index contributed by atoms with van der Waals surface area (Å²) in [5, 5.41) is 17.5. The van der Waals surface area contributed by atoms with Crippen LogP contribution in [0.4, 0.5) is 4.39 Å². The molecule has 0 radical (unpaired) electrons. The number of hydrogen-bond acceptors (Lipinski definition) is 3. The van der Waals surface area contributed by atoms with Gasteiger partial charge >= 0.3 is 0 Å². The summed E-state index contributed by atoms with van der Waals surface area (Å²) in [6, 6.07) is 5.52.